The van der Waals surface area contributed by atoms with E-state index in [4.69, 9.17) is 4.74 Å². The van der Waals surface area contributed by atoms with Crippen LogP contribution in [0.3, 0.4) is 0 Å². The van der Waals surface area contributed by atoms with Crippen molar-refractivity contribution >= 4 is 15.9 Å². The minimum atomic E-state index is 0.760. The molecule has 1 aromatic heterocycles. The number of pyridine rings is 1. The summed E-state index contributed by atoms with van der Waals surface area (Å²) in [6.45, 7) is 6.62. The van der Waals surface area contributed by atoms with Crippen LogP contribution in [0.4, 0.5) is 0 Å². The van der Waals surface area contributed by atoms with Crippen LogP contribution in [0.5, 0.6) is 5.75 Å². The maximum Gasteiger partial charge on any atom is 0.137 e. The van der Waals surface area contributed by atoms with Crippen LogP contribution in [0.25, 0.3) is 0 Å². The van der Waals surface area contributed by atoms with Crippen LogP contribution in [-0.4, -0.2) is 36.6 Å². The third-order valence-electron chi connectivity index (χ3n) is 4.24. The molecule has 2 aromatic rings. The summed E-state index contributed by atoms with van der Waals surface area (Å²) >= 11 is 3.46. The van der Waals surface area contributed by atoms with Gasteiger partial charge in [0.05, 0.1) is 12.8 Å². The second-order valence-electron chi connectivity index (χ2n) is 6.60. The predicted octanol–water partition coefficient (Wildman–Crippen LogP) is 5.49. The Hall–Kier alpha value is -1.65. The molecule has 0 unspecified atom stereocenters. The van der Waals surface area contributed by atoms with Crippen molar-refractivity contribution in [2.45, 2.75) is 32.1 Å². The van der Waals surface area contributed by atoms with Crippen LogP contribution in [0, 0.1) is 0 Å². The summed E-state index contributed by atoms with van der Waals surface area (Å²) in [7, 11) is 2.14. The van der Waals surface area contributed by atoms with Gasteiger partial charge in [0.15, 0.2) is 0 Å². The topological polar surface area (TPSA) is 25.4 Å². The van der Waals surface area contributed by atoms with Gasteiger partial charge in [-0.3, -0.25) is 4.98 Å². The Morgan fingerprint density at radius 2 is 1.85 bits per heavy atom. The van der Waals surface area contributed by atoms with Gasteiger partial charge in [-0.05, 0) is 56.3 Å². The Morgan fingerprint density at radius 1 is 1.08 bits per heavy atom. The van der Waals surface area contributed by atoms with Crippen molar-refractivity contribution in [3.63, 3.8) is 0 Å². The highest BCUT2D eigenvalue weighted by Crippen LogP contribution is 2.15. The van der Waals surface area contributed by atoms with Gasteiger partial charge in [0.1, 0.15) is 5.75 Å². The second kappa shape index (κ2) is 11.9. The summed E-state index contributed by atoms with van der Waals surface area (Å²) in [4.78, 5) is 6.81. The zero-order chi connectivity index (χ0) is 18.6. The number of hydrogen-bond donors (Lipinski definition) is 0. The molecule has 3 nitrogen and oxygen atoms in total. The minimum absolute atomic E-state index is 0.760. The highest BCUT2D eigenvalue weighted by atomic mass is 79.9. The molecule has 0 atom stereocenters. The fourth-order valence-corrected chi connectivity index (χ4v) is 3.02. The van der Waals surface area contributed by atoms with Crippen molar-refractivity contribution in [1.29, 1.82) is 0 Å². The molecule has 0 bridgehead atoms. The van der Waals surface area contributed by atoms with Crippen LogP contribution in [0.2, 0.25) is 0 Å². The molecule has 140 valence electrons. The highest BCUT2D eigenvalue weighted by molar-refractivity contribution is 9.10. The molecule has 0 aliphatic heterocycles. The smallest absolute Gasteiger partial charge is 0.137 e. The minimum Gasteiger partial charge on any atom is -0.492 e. The van der Waals surface area contributed by atoms with Crippen molar-refractivity contribution < 1.29 is 4.74 Å². The number of rotatable bonds is 12. The molecule has 0 saturated heterocycles. The number of nitrogens with zero attached hydrogens (tertiary/aromatic N) is 2. The maximum absolute atomic E-state index is 5.80. The van der Waals surface area contributed by atoms with Crippen molar-refractivity contribution in [3.05, 3.63) is 71.0 Å². The number of benzene rings is 1. The third kappa shape index (κ3) is 8.15. The lowest BCUT2D eigenvalue weighted by molar-refractivity contribution is 0.299. The molecule has 0 aliphatic rings. The van der Waals surface area contributed by atoms with E-state index < -0.39 is 0 Å². The molecular weight excluding hydrogens is 388 g/mol. The van der Waals surface area contributed by atoms with E-state index in [9.17, 15) is 0 Å². The molecule has 0 aliphatic carbocycles. The molecule has 1 aromatic carbocycles. The molecule has 0 radical (unpaired) electrons. The first-order valence-electron chi connectivity index (χ1n) is 9.29. The molecule has 0 spiro atoms. The summed E-state index contributed by atoms with van der Waals surface area (Å²) in [5.74, 6) is 0.857. The first-order chi connectivity index (χ1) is 12.7. The number of ether oxygens (including phenoxy) is 1. The van der Waals surface area contributed by atoms with E-state index in [-0.39, 0.29) is 0 Å². The van der Waals surface area contributed by atoms with Crippen LogP contribution in [0.15, 0.2) is 59.7 Å². The zero-order valence-corrected chi connectivity index (χ0v) is 17.2. The number of unbranched alkanes of at least 4 members (excludes halogenated alkanes) is 3. The molecule has 1 heterocycles. The standard InChI is InChI=1S/C22H29BrN2O/c1-3-14-25(2)15-6-4-5-7-16-26-22-13-12-21(24-18-22)17-19-8-10-20(23)11-9-19/h3,8-13,18H,1,4-7,14-17H2,2H3. The molecule has 2 rings (SSSR count). The molecule has 0 saturated carbocycles. The largest absolute Gasteiger partial charge is 0.492 e. The molecule has 0 N–H and O–H groups in total. The number of hydrogen-bond acceptors (Lipinski definition) is 3. The molecule has 4 heteroatoms. The number of aromatic nitrogens is 1. The van der Waals surface area contributed by atoms with Crippen molar-refractivity contribution in [2.24, 2.45) is 0 Å². The zero-order valence-electron chi connectivity index (χ0n) is 15.7. The highest BCUT2D eigenvalue weighted by Gasteiger charge is 2.00. The molecule has 0 fully saturated rings. The van der Waals surface area contributed by atoms with Gasteiger partial charge in [-0.15, -0.1) is 6.58 Å². The van der Waals surface area contributed by atoms with Crippen molar-refractivity contribution in [3.8, 4) is 5.75 Å². The Kier molecular flexibility index (Phi) is 9.43. The van der Waals surface area contributed by atoms with Gasteiger partial charge < -0.3 is 9.64 Å². The van der Waals surface area contributed by atoms with E-state index in [1.807, 2.05) is 24.4 Å². The summed E-state index contributed by atoms with van der Waals surface area (Å²) in [6, 6.07) is 12.4. The van der Waals surface area contributed by atoms with Crippen molar-refractivity contribution in [1.82, 2.24) is 9.88 Å². The van der Waals surface area contributed by atoms with E-state index in [0.29, 0.717) is 0 Å². The molecular formula is C22H29BrN2O. The van der Waals surface area contributed by atoms with Gasteiger partial charge in [0, 0.05) is 23.1 Å². The quantitative estimate of drug-likeness (QED) is 0.337. The van der Waals surface area contributed by atoms with E-state index in [0.717, 1.165) is 48.5 Å². The number of likely N-dealkylation sites (N-methyl/N-ethyl adjacent to an activating group) is 1. The molecule has 26 heavy (non-hydrogen) atoms. The fourth-order valence-electron chi connectivity index (χ4n) is 2.75. The summed E-state index contributed by atoms with van der Waals surface area (Å²) in [6.07, 6.45) is 9.40. The lowest BCUT2D eigenvalue weighted by atomic mass is 10.1. The Bertz CT molecular complexity index is 640. The fraction of sp³-hybridized carbons (Fsp3) is 0.409. The van der Waals surface area contributed by atoms with Crippen LogP contribution >= 0.6 is 15.9 Å². The van der Waals surface area contributed by atoms with Gasteiger partial charge in [-0.2, -0.15) is 0 Å². The summed E-state index contributed by atoms with van der Waals surface area (Å²) in [5.41, 5.74) is 2.32. The first-order valence-corrected chi connectivity index (χ1v) is 10.1. The van der Waals surface area contributed by atoms with E-state index in [2.05, 4.69) is 63.7 Å². The summed E-state index contributed by atoms with van der Waals surface area (Å²) < 4.78 is 6.90. The van der Waals surface area contributed by atoms with Crippen LogP contribution in [-0.2, 0) is 6.42 Å². The third-order valence-corrected chi connectivity index (χ3v) is 4.77. The van der Waals surface area contributed by atoms with E-state index in [1.54, 1.807) is 0 Å². The Morgan fingerprint density at radius 3 is 2.54 bits per heavy atom. The molecule has 0 amide bonds. The van der Waals surface area contributed by atoms with Gasteiger partial charge in [-0.1, -0.05) is 47.0 Å². The SMILES string of the molecule is C=CCN(C)CCCCCCOc1ccc(Cc2ccc(Br)cc2)nc1. The van der Waals surface area contributed by atoms with Crippen LogP contribution in [0.1, 0.15) is 36.9 Å². The monoisotopic (exact) mass is 416 g/mol. The Labute approximate surface area is 166 Å². The van der Waals surface area contributed by atoms with Gasteiger partial charge in [0.25, 0.3) is 0 Å². The summed E-state index contributed by atoms with van der Waals surface area (Å²) in [5, 5.41) is 0. The van der Waals surface area contributed by atoms with Crippen LogP contribution < -0.4 is 4.74 Å². The van der Waals surface area contributed by atoms with E-state index >= 15 is 0 Å². The lowest BCUT2D eigenvalue weighted by Gasteiger charge is -2.13. The average Bonchev–Trinajstić information content (AvgIpc) is 2.64. The average molecular weight is 417 g/mol. The predicted molar refractivity (Wildman–Crippen MR) is 113 cm³/mol. The van der Waals surface area contributed by atoms with Crippen molar-refractivity contribution in [2.75, 3.05) is 26.7 Å². The normalized spacial score (nSPS) is 10.9. The second-order valence-corrected chi connectivity index (χ2v) is 7.52. The maximum atomic E-state index is 5.80. The number of halogens is 1. The van der Waals surface area contributed by atoms with Gasteiger partial charge >= 0.3 is 0 Å². The van der Waals surface area contributed by atoms with Gasteiger partial charge in [-0.25, -0.2) is 0 Å². The van der Waals surface area contributed by atoms with Gasteiger partial charge in [0.2, 0.25) is 0 Å². The lowest BCUT2D eigenvalue weighted by Crippen LogP contribution is -2.19. The first kappa shape index (κ1) is 20.7. The Balaban J connectivity index is 1.60. The van der Waals surface area contributed by atoms with E-state index in [1.165, 1.54) is 24.8 Å².